The van der Waals surface area contributed by atoms with Crippen LogP contribution in [-0.4, -0.2) is 49.5 Å². The van der Waals surface area contributed by atoms with Gasteiger partial charge in [-0.25, -0.2) is 0 Å². The maximum absolute atomic E-state index is 10.4. The summed E-state index contributed by atoms with van der Waals surface area (Å²) in [4.78, 5) is 20.7. The molecule has 6 nitrogen and oxygen atoms in total. The summed E-state index contributed by atoms with van der Waals surface area (Å²) in [6.45, 7) is 9.23. The van der Waals surface area contributed by atoms with E-state index in [0.29, 0.717) is 26.2 Å². The Morgan fingerprint density at radius 1 is 1.16 bits per heavy atom. The highest BCUT2D eigenvalue weighted by Crippen LogP contribution is 2.17. The number of carbonyl (C=O) groups is 2. The van der Waals surface area contributed by atoms with Crippen LogP contribution in [0, 0.1) is 5.41 Å². The summed E-state index contributed by atoms with van der Waals surface area (Å²) in [5, 5.41) is 11.2. The van der Waals surface area contributed by atoms with Gasteiger partial charge in [-0.1, -0.05) is 13.8 Å². The molecule has 1 amide bonds. The van der Waals surface area contributed by atoms with Gasteiger partial charge >= 0.3 is 5.97 Å². The maximum atomic E-state index is 10.4. The van der Waals surface area contributed by atoms with Gasteiger partial charge in [0.25, 0.3) is 0 Å². The minimum Gasteiger partial charge on any atom is -0.481 e. The van der Waals surface area contributed by atoms with E-state index < -0.39 is 11.5 Å². The largest absolute Gasteiger partial charge is 0.481 e. The number of ether oxygens (including phenoxy) is 2. The fourth-order valence-electron chi connectivity index (χ4n) is 1.33. The van der Waals surface area contributed by atoms with Crippen LogP contribution in [0.4, 0.5) is 0 Å². The molecule has 0 rings (SSSR count). The number of rotatable bonds is 11. The second-order valence-corrected chi connectivity index (χ2v) is 6.00. The Balaban J connectivity index is 3.83. The fraction of sp³-hybridized carbons (Fsp3) is 0.846. The first-order valence-corrected chi connectivity index (χ1v) is 6.27. The Morgan fingerprint density at radius 3 is 2.26 bits per heavy atom. The lowest BCUT2D eigenvalue weighted by Gasteiger charge is -2.28. The van der Waals surface area contributed by atoms with Crippen LogP contribution >= 0.6 is 0 Å². The second kappa shape index (κ2) is 8.12. The van der Waals surface area contributed by atoms with Gasteiger partial charge in [0.05, 0.1) is 38.4 Å². The number of nitrogens with one attached hydrogen (secondary N) is 1. The van der Waals surface area contributed by atoms with Gasteiger partial charge in [0, 0.05) is 5.41 Å². The number of carboxylic acid groups (broad SMARTS) is 1. The summed E-state index contributed by atoms with van der Waals surface area (Å²) < 4.78 is 10.9. The van der Waals surface area contributed by atoms with Crippen molar-refractivity contribution in [3.05, 3.63) is 0 Å². The molecule has 0 spiro atoms. The van der Waals surface area contributed by atoms with Crippen LogP contribution in [0.25, 0.3) is 0 Å². The summed E-state index contributed by atoms with van der Waals surface area (Å²) >= 11 is 0. The molecule has 0 aromatic heterocycles. The molecule has 0 aliphatic heterocycles. The average molecular weight is 275 g/mol. The van der Waals surface area contributed by atoms with Crippen LogP contribution in [-0.2, 0) is 19.1 Å². The van der Waals surface area contributed by atoms with E-state index in [9.17, 15) is 9.59 Å². The van der Waals surface area contributed by atoms with Crippen molar-refractivity contribution in [3.63, 3.8) is 0 Å². The first kappa shape index (κ1) is 17.9. The van der Waals surface area contributed by atoms with Crippen molar-refractivity contribution in [1.29, 1.82) is 0 Å². The summed E-state index contributed by atoms with van der Waals surface area (Å²) in [7, 11) is 0. The number of hydrogen-bond donors (Lipinski definition) is 2. The Bertz CT molecular complexity index is 289. The van der Waals surface area contributed by atoms with Gasteiger partial charge in [-0.05, 0) is 13.8 Å². The van der Waals surface area contributed by atoms with Crippen molar-refractivity contribution in [3.8, 4) is 0 Å². The zero-order chi connectivity index (χ0) is 14.9. The summed E-state index contributed by atoms with van der Waals surface area (Å²) in [6, 6.07) is 0. The third-order valence-electron chi connectivity index (χ3n) is 2.36. The molecule has 0 aliphatic rings. The lowest BCUT2D eigenvalue weighted by Crippen LogP contribution is -2.43. The van der Waals surface area contributed by atoms with Gasteiger partial charge in [0.1, 0.15) is 0 Å². The third-order valence-corrected chi connectivity index (χ3v) is 2.36. The standard InChI is InChI=1S/C13H25NO5/c1-12(2,7-18-6-5-11(16)17)8-19-9-13(3,4)14-10-15/h10H,5-9H2,1-4H3,(H,14,15)(H,16,17). The molecule has 0 radical (unpaired) electrons. The molecule has 0 heterocycles. The average Bonchev–Trinajstić information content (AvgIpc) is 2.23. The van der Waals surface area contributed by atoms with Crippen LogP contribution < -0.4 is 5.32 Å². The van der Waals surface area contributed by atoms with E-state index in [2.05, 4.69) is 5.32 Å². The molecular formula is C13H25NO5. The lowest BCUT2D eigenvalue weighted by atomic mass is 9.96. The van der Waals surface area contributed by atoms with Crippen LogP contribution in [0.3, 0.4) is 0 Å². The number of aliphatic carboxylic acids is 1. The zero-order valence-electron chi connectivity index (χ0n) is 12.2. The maximum Gasteiger partial charge on any atom is 0.305 e. The van der Waals surface area contributed by atoms with Gasteiger partial charge in [0.15, 0.2) is 0 Å². The Labute approximate surface area is 114 Å². The predicted molar refractivity (Wildman–Crippen MR) is 71.0 cm³/mol. The molecule has 0 aromatic carbocycles. The van der Waals surface area contributed by atoms with E-state index in [0.717, 1.165) is 0 Å². The molecule has 0 aromatic rings. The van der Waals surface area contributed by atoms with Crippen molar-refractivity contribution in [2.24, 2.45) is 5.41 Å². The molecule has 0 atom stereocenters. The summed E-state index contributed by atoms with van der Waals surface area (Å²) in [5.41, 5.74) is -0.599. The highest BCUT2D eigenvalue weighted by molar-refractivity contribution is 5.66. The Hall–Kier alpha value is -1.14. The van der Waals surface area contributed by atoms with Gasteiger partial charge in [0.2, 0.25) is 6.41 Å². The molecular weight excluding hydrogens is 250 g/mol. The van der Waals surface area contributed by atoms with E-state index in [1.807, 2.05) is 27.7 Å². The van der Waals surface area contributed by atoms with Crippen molar-refractivity contribution >= 4 is 12.4 Å². The topological polar surface area (TPSA) is 84.9 Å². The first-order chi connectivity index (χ1) is 8.68. The minimum atomic E-state index is -0.865. The van der Waals surface area contributed by atoms with E-state index in [-0.39, 0.29) is 18.4 Å². The van der Waals surface area contributed by atoms with Crippen LogP contribution in [0.2, 0.25) is 0 Å². The molecule has 0 bridgehead atoms. The number of carbonyl (C=O) groups excluding carboxylic acids is 1. The highest BCUT2D eigenvalue weighted by atomic mass is 16.5. The first-order valence-electron chi connectivity index (χ1n) is 6.27. The minimum absolute atomic E-state index is 0.00717. The molecule has 0 saturated carbocycles. The molecule has 0 aliphatic carbocycles. The quantitative estimate of drug-likeness (QED) is 0.435. The summed E-state index contributed by atoms with van der Waals surface area (Å²) in [6.07, 6.45) is 0.663. The van der Waals surface area contributed by atoms with Crippen molar-refractivity contribution in [2.75, 3.05) is 26.4 Å². The molecule has 0 unspecified atom stereocenters. The second-order valence-electron chi connectivity index (χ2n) is 6.00. The lowest BCUT2D eigenvalue weighted by molar-refractivity contribution is -0.138. The van der Waals surface area contributed by atoms with Gasteiger partial charge in [-0.2, -0.15) is 0 Å². The molecule has 6 heteroatoms. The van der Waals surface area contributed by atoms with E-state index in [4.69, 9.17) is 14.6 Å². The van der Waals surface area contributed by atoms with E-state index in [1.165, 1.54) is 0 Å². The monoisotopic (exact) mass is 275 g/mol. The van der Waals surface area contributed by atoms with E-state index in [1.54, 1.807) is 0 Å². The van der Waals surface area contributed by atoms with Crippen LogP contribution in [0.1, 0.15) is 34.1 Å². The van der Waals surface area contributed by atoms with Gasteiger partial charge in [-0.15, -0.1) is 0 Å². The highest BCUT2D eigenvalue weighted by Gasteiger charge is 2.22. The number of amides is 1. The SMILES string of the molecule is CC(C)(COCCC(=O)O)COCC(C)(C)NC=O. The van der Waals surface area contributed by atoms with Crippen molar-refractivity contribution < 1.29 is 24.2 Å². The Morgan fingerprint density at radius 2 is 1.74 bits per heavy atom. The normalized spacial score (nSPS) is 12.2. The fourth-order valence-corrected chi connectivity index (χ4v) is 1.33. The Kier molecular flexibility index (Phi) is 7.63. The molecule has 0 fully saturated rings. The van der Waals surface area contributed by atoms with E-state index >= 15 is 0 Å². The smallest absolute Gasteiger partial charge is 0.305 e. The van der Waals surface area contributed by atoms with Crippen molar-refractivity contribution in [1.82, 2.24) is 5.32 Å². The molecule has 2 N–H and O–H groups in total. The number of carboxylic acids is 1. The summed E-state index contributed by atoms with van der Waals surface area (Å²) in [5.74, 6) is -0.865. The van der Waals surface area contributed by atoms with Crippen LogP contribution in [0.15, 0.2) is 0 Å². The van der Waals surface area contributed by atoms with Crippen molar-refractivity contribution in [2.45, 2.75) is 39.7 Å². The molecule has 112 valence electrons. The number of hydrogen-bond acceptors (Lipinski definition) is 4. The zero-order valence-corrected chi connectivity index (χ0v) is 12.2. The third kappa shape index (κ3) is 10.5. The van der Waals surface area contributed by atoms with Gasteiger partial charge < -0.3 is 19.9 Å². The predicted octanol–water partition coefficient (Wildman–Crippen LogP) is 1.05. The van der Waals surface area contributed by atoms with Crippen LogP contribution in [0.5, 0.6) is 0 Å². The molecule has 19 heavy (non-hydrogen) atoms. The van der Waals surface area contributed by atoms with Gasteiger partial charge in [-0.3, -0.25) is 9.59 Å². The molecule has 0 saturated heterocycles.